The Labute approximate surface area is 182 Å². The van der Waals surface area contributed by atoms with Crippen LogP contribution in [0.3, 0.4) is 0 Å². The van der Waals surface area contributed by atoms with Crippen molar-refractivity contribution in [3.05, 3.63) is 89.5 Å². The van der Waals surface area contributed by atoms with Crippen LogP contribution >= 0.6 is 0 Å². The van der Waals surface area contributed by atoms with Gasteiger partial charge in [0.1, 0.15) is 5.75 Å². The number of carbonyl (C=O) groups excluding carboxylic acids is 2. The average Bonchev–Trinajstić information content (AvgIpc) is 2.81. The molecule has 0 saturated carbocycles. The Morgan fingerprint density at radius 1 is 1.00 bits per heavy atom. The van der Waals surface area contributed by atoms with E-state index in [9.17, 15) is 9.59 Å². The van der Waals surface area contributed by atoms with Gasteiger partial charge in [0.25, 0.3) is 0 Å². The molecule has 0 amide bonds. The van der Waals surface area contributed by atoms with Crippen molar-refractivity contribution in [1.82, 2.24) is 0 Å². The number of fused-ring (bicyclic) bond motifs is 1. The van der Waals surface area contributed by atoms with Crippen LogP contribution in [-0.4, -0.2) is 26.0 Å². The summed E-state index contributed by atoms with van der Waals surface area (Å²) in [6.45, 7) is 2.43. The molecule has 0 spiro atoms. The topological polar surface area (TPSA) is 52.6 Å². The molecule has 3 aromatic carbocycles. The molecule has 0 saturated heterocycles. The van der Waals surface area contributed by atoms with Crippen molar-refractivity contribution in [3.63, 3.8) is 0 Å². The first-order valence-electron chi connectivity index (χ1n) is 10.3. The number of carbonyl (C=O) groups is 2. The second-order valence-electron chi connectivity index (χ2n) is 7.10. The van der Waals surface area contributed by atoms with Crippen LogP contribution in [0.2, 0.25) is 0 Å². The Kier molecular flexibility index (Phi) is 7.77. The normalized spacial score (nSPS) is 11.6. The van der Waals surface area contributed by atoms with Crippen LogP contribution in [0.5, 0.6) is 5.75 Å². The fourth-order valence-electron chi connectivity index (χ4n) is 3.35. The molecular weight excluding hydrogens is 388 g/mol. The lowest BCUT2D eigenvalue weighted by molar-refractivity contribution is -0.137. The van der Waals surface area contributed by atoms with Gasteiger partial charge < -0.3 is 9.47 Å². The number of hydrogen-bond donors (Lipinski definition) is 0. The van der Waals surface area contributed by atoms with Crippen molar-refractivity contribution in [2.45, 2.75) is 19.8 Å². The first-order chi connectivity index (χ1) is 15.2. The fraction of sp³-hybridized carbons (Fsp3) is 0.185. The Morgan fingerprint density at radius 2 is 1.84 bits per heavy atom. The second kappa shape index (κ2) is 10.9. The van der Waals surface area contributed by atoms with Crippen LogP contribution in [0.15, 0.2) is 72.8 Å². The van der Waals surface area contributed by atoms with Gasteiger partial charge >= 0.3 is 5.97 Å². The van der Waals surface area contributed by atoms with E-state index in [1.54, 1.807) is 19.3 Å². The van der Waals surface area contributed by atoms with Gasteiger partial charge in [-0.3, -0.25) is 4.79 Å². The molecule has 3 rings (SSSR count). The van der Waals surface area contributed by atoms with Crippen molar-refractivity contribution in [2.24, 2.45) is 0 Å². The number of methoxy groups -OCH3 is 1. The zero-order valence-corrected chi connectivity index (χ0v) is 17.8. The van der Waals surface area contributed by atoms with Crippen LogP contribution in [0.4, 0.5) is 0 Å². The lowest BCUT2D eigenvalue weighted by Gasteiger charge is -2.12. The van der Waals surface area contributed by atoms with Crippen LogP contribution in [-0.2, 0) is 9.53 Å². The van der Waals surface area contributed by atoms with E-state index in [4.69, 9.17) is 9.47 Å². The molecule has 0 N–H and O–H groups in total. The van der Waals surface area contributed by atoms with E-state index < -0.39 is 5.97 Å². The van der Waals surface area contributed by atoms with E-state index in [0.29, 0.717) is 12.2 Å². The summed E-state index contributed by atoms with van der Waals surface area (Å²) in [6.07, 6.45) is 7.68. The van der Waals surface area contributed by atoms with Crippen molar-refractivity contribution in [3.8, 4) is 5.75 Å². The maximum absolute atomic E-state index is 12.2. The highest BCUT2D eigenvalue weighted by molar-refractivity contribution is 6.07. The van der Waals surface area contributed by atoms with E-state index in [0.717, 1.165) is 52.3 Å². The average molecular weight is 415 g/mol. The molecule has 3 aromatic rings. The Balaban J connectivity index is 2.12. The minimum absolute atomic E-state index is 0.391. The highest BCUT2D eigenvalue weighted by Crippen LogP contribution is 2.31. The monoisotopic (exact) mass is 414 g/mol. The number of benzene rings is 3. The molecule has 4 nitrogen and oxygen atoms in total. The van der Waals surface area contributed by atoms with Gasteiger partial charge in [0.15, 0.2) is 6.29 Å². The van der Waals surface area contributed by atoms with Gasteiger partial charge in [0.05, 0.1) is 13.7 Å². The maximum Gasteiger partial charge on any atom is 0.330 e. The SMILES string of the molecule is CCCCOC(=O)/C=C/C(=C/c1cccc(OC)c1)c1c(C=O)ccc2ccccc12. The number of ether oxygens (including phenoxy) is 2. The number of hydrogen-bond acceptors (Lipinski definition) is 4. The summed E-state index contributed by atoms with van der Waals surface area (Å²) in [4.78, 5) is 24.1. The quantitative estimate of drug-likeness (QED) is 0.106. The molecular formula is C27H26O4. The Hall–Kier alpha value is -3.66. The van der Waals surface area contributed by atoms with E-state index >= 15 is 0 Å². The molecule has 0 atom stereocenters. The van der Waals surface area contributed by atoms with Gasteiger partial charge in [-0.25, -0.2) is 4.79 Å². The molecule has 0 heterocycles. The predicted octanol–water partition coefficient (Wildman–Crippen LogP) is 6.10. The van der Waals surface area contributed by atoms with Crippen LogP contribution in [0.1, 0.15) is 41.3 Å². The van der Waals surface area contributed by atoms with Gasteiger partial charge in [0, 0.05) is 17.2 Å². The summed E-state index contributed by atoms with van der Waals surface area (Å²) in [6, 6.07) is 19.2. The molecule has 31 heavy (non-hydrogen) atoms. The lowest BCUT2D eigenvalue weighted by Crippen LogP contribution is -2.02. The molecule has 0 aliphatic carbocycles. The summed E-state index contributed by atoms with van der Waals surface area (Å²) in [5.74, 6) is 0.322. The molecule has 0 aliphatic rings. The third kappa shape index (κ3) is 5.70. The molecule has 0 bridgehead atoms. The number of allylic oxidation sites excluding steroid dienone is 2. The minimum atomic E-state index is -0.405. The van der Waals surface area contributed by atoms with Crippen LogP contribution < -0.4 is 4.74 Å². The van der Waals surface area contributed by atoms with E-state index in [-0.39, 0.29) is 0 Å². The van der Waals surface area contributed by atoms with Gasteiger partial charge in [-0.2, -0.15) is 0 Å². The van der Waals surface area contributed by atoms with Crippen molar-refractivity contribution < 1.29 is 19.1 Å². The standard InChI is InChI=1S/C27H26O4/c1-3-4-16-31-26(29)15-14-22(17-20-8-7-10-24(18-20)30-2)27-23(19-28)13-12-21-9-5-6-11-25(21)27/h5-15,17-19H,3-4,16H2,1-2H3/b15-14+,22-17-. The smallest absolute Gasteiger partial charge is 0.330 e. The second-order valence-corrected chi connectivity index (χ2v) is 7.10. The highest BCUT2D eigenvalue weighted by Gasteiger charge is 2.11. The van der Waals surface area contributed by atoms with Gasteiger partial charge in [-0.05, 0) is 52.6 Å². The molecule has 0 radical (unpaired) electrons. The fourth-order valence-corrected chi connectivity index (χ4v) is 3.35. The number of unbranched alkanes of at least 4 members (excludes halogenated alkanes) is 1. The Bertz CT molecular complexity index is 1130. The van der Waals surface area contributed by atoms with E-state index in [1.165, 1.54) is 6.08 Å². The van der Waals surface area contributed by atoms with Gasteiger partial charge in [-0.15, -0.1) is 0 Å². The summed E-state index contributed by atoms with van der Waals surface area (Å²) >= 11 is 0. The maximum atomic E-state index is 12.2. The summed E-state index contributed by atoms with van der Waals surface area (Å²) in [5.41, 5.74) is 2.95. The molecule has 0 fully saturated rings. The van der Waals surface area contributed by atoms with Crippen molar-refractivity contribution in [1.29, 1.82) is 0 Å². The van der Waals surface area contributed by atoms with E-state index in [2.05, 4.69) is 0 Å². The summed E-state index contributed by atoms with van der Waals surface area (Å²) < 4.78 is 10.6. The summed E-state index contributed by atoms with van der Waals surface area (Å²) in [5, 5.41) is 1.95. The molecule has 0 aliphatic heterocycles. The molecule has 4 heteroatoms. The minimum Gasteiger partial charge on any atom is -0.497 e. The zero-order valence-electron chi connectivity index (χ0n) is 17.8. The first kappa shape index (κ1) is 22.0. The number of esters is 1. The predicted molar refractivity (Wildman–Crippen MR) is 125 cm³/mol. The summed E-state index contributed by atoms with van der Waals surface area (Å²) in [7, 11) is 1.62. The van der Waals surface area contributed by atoms with E-state index in [1.807, 2.05) is 67.6 Å². The van der Waals surface area contributed by atoms with Crippen LogP contribution in [0, 0.1) is 0 Å². The first-order valence-corrected chi connectivity index (χ1v) is 10.3. The van der Waals surface area contributed by atoms with Gasteiger partial charge in [0.2, 0.25) is 0 Å². The molecule has 0 aromatic heterocycles. The third-order valence-corrected chi connectivity index (χ3v) is 4.93. The van der Waals surface area contributed by atoms with Crippen molar-refractivity contribution in [2.75, 3.05) is 13.7 Å². The third-order valence-electron chi connectivity index (χ3n) is 4.93. The largest absolute Gasteiger partial charge is 0.497 e. The lowest BCUT2D eigenvalue weighted by atomic mass is 9.92. The van der Waals surface area contributed by atoms with Crippen LogP contribution in [0.25, 0.3) is 22.4 Å². The molecule has 158 valence electrons. The highest BCUT2D eigenvalue weighted by atomic mass is 16.5. The molecule has 0 unspecified atom stereocenters. The zero-order chi connectivity index (χ0) is 22.1. The van der Waals surface area contributed by atoms with Crippen molar-refractivity contribution >= 4 is 34.7 Å². The van der Waals surface area contributed by atoms with Gasteiger partial charge in [-0.1, -0.05) is 61.9 Å². The number of aldehydes is 1. The number of rotatable bonds is 9. The Morgan fingerprint density at radius 3 is 2.61 bits per heavy atom.